The molecule has 0 heterocycles. The number of amides is 1. The lowest BCUT2D eigenvalue weighted by atomic mass is 10.3. The minimum absolute atomic E-state index is 0. The number of nitrogens with one attached hydrogen (secondary N) is 3. The first-order chi connectivity index (χ1) is 8.67. The first-order valence-corrected chi connectivity index (χ1v) is 6.99. The van der Waals surface area contributed by atoms with E-state index >= 15 is 0 Å². The molecule has 0 aromatic rings. The predicted molar refractivity (Wildman–Crippen MR) is 90.0 cm³/mol. The van der Waals surface area contributed by atoms with Crippen LogP contribution >= 0.6 is 24.0 Å². The topological polar surface area (TPSA) is 65.5 Å². The third-order valence-electron chi connectivity index (χ3n) is 2.97. The molecule has 1 rings (SSSR count). The summed E-state index contributed by atoms with van der Waals surface area (Å²) in [6.45, 7) is 8.38. The summed E-state index contributed by atoms with van der Waals surface area (Å²) in [5.41, 5.74) is 0. The molecule has 0 aliphatic heterocycles. The van der Waals surface area contributed by atoms with Crippen LogP contribution in [0.4, 0.5) is 0 Å². The van der Waals surface area contributed by atoms with Crippen LogP contribution in [-0.4, -0.2) is 37.5 Å². The van der Waals surface area contributed by atoms with Crippen LogP contribution in [0.1, 0.15) is 40.0 Å². The van der Waals surface area contributed by atoms with Crippen molar-refractivity contribution >= 4 is 35.8 Å². The summed E-state index contributed by atoms with van der Waals surface area (Å²) in [7, 11) is 0. The highest BCUT2D eigenvalue weighted by Crippen LogP contribution is 2.28. The molecule has 0 spiro atoms. The van der Waals surface area contributed by atoms with Gasteiger partial charge in [0.15, 0.2) is 5.96 Å². The minimum Gasteiger partial charge on any atom is -0.357 e. The van der Waals surface area contributed by atoms with Crippen molar-refractivity contribution in [3.8, 4) is 0 Å². The number of halogens is 1. The van der Waals surface area contributed by atoms with E-state index in [1.54, 1.807) is 0 Å². The third-order valence-corrected chi connectivity index (χ3v) is 2.97. The molecule has 0 saturated heterocycles. The summed E-state index contributed by atoms with van der Waals surface area (Å²) >= 11 is 0. The number of aliphatic imine (C=N–C) groups is 1. The number of carbonyl (C=O) groups is 1. The predicted octanol–water partition coefficient (Wildman–Crippen LogP) is 1.48. The lowest BCUT2D eigenvalue weighted by Crippen LogP contribution is -2.42. The van der Waals surface area contributed by atoms with Crippen molar-refractivity contribution in [1.29, 1.82) is 0 Å². The Morgan fingerprint density at radius 2 is 2.00 bits per heavy atom. The molecule has 3 N–H and O–H groups in total. The van der Waals surface area contributed by atoms with Gasteiger partial charge < -0.3 is 16.0 Å². The summed E-state index contributed by atoms with van der Waals surface area (Å²) < 4.78 is 0. The van der Waals surface area contributed by atoms with Gasteiger partial charge in [0.25, 0.3) is 0 Å². The molecule has 0 aromatic carbocycles. The zero-order chi connectivity index (χ0) is 13.4. The average molecular weight is 382 g/mol. The Balaban J connectivity index is 0.00000324. The van der Waals surface area contributed by atoms with Gasteiger partial charge in [-0.2, -0.15) is 0 Å². The van der Waals surface area contributed by atoms with E-state index in [1.807, 2.05) is 6.92 Å². The fourth-order valence-corrected chi connectivity index (χ4v) is 1.49. The molecular formula is C13H27IN4O. The van der Waals surface area contributed by atoms with Crippen molar-refractivity contribution in [1.82, 2.24) is 16.0 Å². The molecule has 6 heteroatoms. The molecule has 0 bridgehead atoms. The maximum atomic E-state index is 11.4. The molecule has 1 amide bonds. The summed E-state index contributed by atoms with van der Waals surface area (Å²) in [4.78, 5) is 15.8. The van der Waals surface area contributed by atoms with Gasteiger partial charge in [0.2, 0.25) is 5.91 Å². The monoisotopic (exact) mass is 382 g/mol. The number of hydrogen-bond acceptors (Lipinski definition) is 2. The van der Waals surface area contributed by atoms with Crippen LogP contribution in [0, 0.1) is 5.92 Å². The van der Waals surface area contributed by atoms with E-state index in [0.29, 0.717) is 19.1 Å². The van der Waals surface area contributed by atoms with E-state index < -0.39 is 0 Å². The van der Waals surface area contributed by atoms with Gasteiger partial charge in [-0.3, -0.25) is 9.79 Å². The van der Waals surface area contributed by atoms with Crippen molar-refractivity contribution in [2.45, 2.75) is 46.1 Å². The largest absolute Gasteiger partial charge is 0.357 e. The van der Waals surface area contributed by atoms with Gasteiger partial charge >= 0.3 is 0 Å². The van der Waals surface area contributed by atoms with Crippen molar-refractivity contribution in [2.75, 3.05) is 19.6 Å². The number of guanidine groups is 1. The van der Waals surface area contributed by atoms with Crippen LogP contribution in [0.3, 0.4) is 0 Å². The number of nitrogens with zero attached hydrogens (tertiary/aromatic N) is 1. The molecule has 1 atom stereocenters. The molecule has 19 heavy (non-hydrogen) atoms. The Kier molecular flexibility index (Phi) is 9.99. The zero-order valence-electron chi connectivity index (χ0n) is 12.2. The Bertz CT molecular complexity index is 292. The van der Waals surface area contributed by atoms with Gasteiger partial charge in [-0.1, -0.05) is 6.92 Å². The Morgan fingerprint density at radius 1 is 1.32 bits per heavy atom. The summed E-state index contributed by atoms with van der Waals surface area (Å²) in [6.07, 6.45) is 3.16. The second-order valence-corrected chi connectivity index (χ2v) is 4.78. The molecule has 0 radical (unpaired) electrons. The fraction of sp³-hybridized carbons (Fsp3) is 0.846. The molecular weight excluding hydrogens is 355 g/mol. The lowest BCUT2D eigenvalue weighted by Gasteiger charge is -2.16. The molecule has 1 aliphatic carbocycles. The second kappa shape index (κ2) is 10.3. The van der Waals surface area contributed by atoms with E-state index in [2.05, 4.69) is 34.8 Å². The lowest BCUT2D eigenvalue weighted by molar-refractivity contribution is -0.122. The van der Waals surface area contributed by atoms with Gasteiger partial charge in [-0.05, 0) is 33.1 Å². The first-order valence-electron chi connectivity index (χ1n) is 6.99. The van der Waals surface area contributed by atoms with Gasteiger partial charge in [0.1, 0.15) is 0 Å². The van der Waals surface area contributed by atoms with E-state index in [4.69, 9.17) is 0 Å². The maximum Gasteiger partial charge on any atom is 0.223 e. The SMILES string of the molecule is CCNC(=NCCNC(=O)C1CC1)NC(C)CC.I. The van der Waals surface area contributed by atoms with Crippen molar-refractivity contribution < 1.29 is 4.79 Å². The van der Waals surface area contributed by atoms with Crippen LogP contribution in [-0.2, 0) is 4.79 Å². The molecule has 112 valence electrons. The van der Waals surface area contributed by atoms with Gasteiger partial charge in [0, 0.05) is 25.0 Å². The fourth-order valence-electron chi connectivity index (χ4n) is 1.49. The molecule has 1 unspecified atom stereocenters. The van der Waals surface area contributed by atoms with Crippen LogP contribution in [0.15, 0.2) is 4.99 Å². The van der Waals surface area contributed by atoms with Crippen molar-refractivity contribution in [2.24, 2.45) is 10.9 Å². The van der Waals surface area contributed by atoms with Crippen LogP contribution in [0.2, 0.25) is 0 Å². The second-order valence-electron chi connectivity index (χ2n) is 4.78. The van der Waals surface area contributed by atoms with E-state index in [0.717, 1.165) is 31.8 Å². The van der Waals surface area contributed by atoms with Crippen LogP contribution in [0.25, 0.3) is 0 Å². The molecule has 1 fully saturated rings. The third kappa shape index (κ3) is 8.28. The highest BCUT2D eigenvalue weighted by Gasteiger charge is 2.28. The Hall–Kier alpha value is -0.530. The molecule has 1 saturated carbocycles. The van der Waals surface area contributed by atoms with Gasteiger partial charge in [-0.15, -0.1) is 24.0 Å². The summed E-state index contributed by atoms with van der Waals surface area (Å²) in [6, 6.07) is 0.406. The van der Waals surface area contributed by atoms with E-state index in [1.165, 1.54) is 0 Å². The van der Waals surface area contributed by atoms with E-state index in [9.17, 15) is 4.79 Å². The molecule has 0 aromatic heterocycles. The first kappa shape index (κ1) is 18.5. The minimum atomic E-state index is 0. The maximum absolute atomic E-state index is 11.4. The summed E-state index contributed by atoms with van der Waals surface area (Å²) in [5.74, 6) is 1.29. The zero-order valence-corrected chi connectivity index (χ0v) is 14.5. The number of rotatable bonds is 7. The Morgan fingerprint density at radius 3 is 2.53 bits per heavy atom. The highest BCUT2D eigenvalue weighted by atomic mass is 127. The molecule has 5 nitrogen and oxygen atoms in total. The number of hydrogen-bond donors (Lipinski definition) is 3. The number of carbonyl (C=O) groups excluding carboxylic acids is 1. The van der Waals surface area contributed by atoms with Crippen molar-refractivity contribution in [3.63, 3.8) is 0 Å². The quantitative estimate of drug-likeness (QED) is 0.271. The summed E-state index contributed by atoms with van der Waals surface area (Å²) in [5, 5.41) is 9.42. The average Bonchev–Trinajstić information content (AvgIpc) is 3.18. The smallest absolute Gasteiger partial charge is 0.223 e. The van der Waals surface area contributed by atoms with E-state index in [-0.39, 0.29) is 35.8 Å². The van der Waals surface area contributed by atoms with Crippen LogP contribution in [0.5, 0.6) is 0 Å². The normalized spacial score (nSPS) is 16.3. The van der Waals surface area contributed by atoms with Crippen molar-refractivity contribution in [3.05, 3.63) is 0 Å². The van der Waals surface area contributed by atoms with Crippen LogP contribution < -0.4 is 16.0 Å². The standard InChI is InChI=1S/C13H26N4O.HI/c1-4-10(3)17-13(14-5-2)16-9-8-15-12(18)11-6-7-11;/h10-11H,4-9H2,1-3H3,(H,15,18)(H2,14,16,17);1H. The van der Waals surface area contributed by atoms with Gasteiger partial charge in [0.05, 0.1) is 6.54 Å². The Labute approximate surface area is 133 Å². The molecule has 1 aliphatic rings. The van der Waals surface area contributed by atoms with Gasteiger partial charge in [-0.25, -0.2) is 0 Å². The highest BCUT2D eigenvalue weighted by molar-refractivity contribution is 14.0.